The molecule has 0 radical (unpaired) electrons. The van der Waals surface area contributed by atoms with Gasteiger partial charge in [0.05, 0.1) is 0 Å². The van der Waals surface area contributed by atoms with Gasteiger partial charge in [-0.1, -0.05) is 0 Å². The van der Waals surface area contributed by atoms with E-state index >= 15 is 0 Å². The van der Waals surface area contributed by atoms with Gasteiger partial charge in [0, 0.05) is 45.6 Å². The van der Waals surface area contributed by atoms with Gasteiger partial charge >= 0.3 is 0 Å². The van der Waals surface area contributed by atoms with E-state index in [2.05, 4.69) is 24.8 Å². The lowest BCUT2D eigenvalue weighted by atomic mass is 10.4. The van der Waals surface area contributed by atoms with E-state index in [0.717, 1.165) is 30.5 Å². The fourth-order valence-electron chi connectivity index (χ4n) is 1.63. The smallest absolute Gasteiger partial charge is 0.133 e. The Hall–Kier alpha value is -2.11. The molecule has 6 heteroatoms. The normalized spacial score (nSPS) is 10.4. The van der Waals surface area contributed by atoms with Crippen LogP contribution in [-0.2, 0) is 6.54 Å². The first kappa shape index (κ1) is 12.3. The second-order valence-corrected chi connectivity index (χ2v) is 4.25. The lowest BCUT2D eigenvalue weighted by Crippen LogP contribution is -2.14. The number of hydrogen-bond acceptors (Lipinski definition) is 5. The minimum absolute atomic E-state index is 0.807. The van der Waals surface area contributed by atoms with Crippen LogP contribution < -0.4 is 10.2 Å². The molecular formula is C12H18N6. The maximum absolute atomic E-state index is 4.19. The molecule has 0 saturated carbocycles. The van der Waals surface area contributed by atoms with Gasteiger partial charge in [-0.2, -0.15) is 0 Å². The topological polar surface area (TPSA) is 58.9 Å². The molecule has 0 aliphatic rings. The average molecular weight is 246 g/mol. The Morgan fingerprint density at radius 2 is 2.11 bits per heavy atom. The number of hydrogen-bond donors (Lipinski definition) is 1. The number of nitrogens with zero attached hydrogens (tertiary/aromatic N) is 5. The SMILES string of the molecule is Cc1nccn1CCNc1cc(N(C)C)ncn1. The molecule has 0 atom stereocenters. The highest BCUT2D eigenvalue weighted by Crippen LogP contribution is 2.10. The summed E-state index contributed by atoms with van der Waals surface area (Å²) in [6, 6.07) is 1.93. The van der Waals surface area contributed by atoms with E-state index in [-0.39, 0.29) is 0 Å². The van der Waals surface area contributed by atoms with Gasteiger partial charge in [0.1, 0.15) is 23.8 Å². The van der Waals surface area contributed by atoms with E-state index in [1.54, 1.807) is 6.33 Å². The Labute approximate surface area is 107 Å². The molecule has 2 aromatic rings. The van der Waals surface area contributed by atoms with Gasteiger partial charge in [-0.3, -0.25) is 0 Å². The van der Waals surface area contributed by atoms with Crippen molar-refractivity contribution in [1.82, 2.24) is 19.5 Å². The van der Waals surface area contributed by atoms with E-state index in [1.165, 1.54) is 0 Å². The van der Waals surface area contributed by atoms with Crippen molar-refractivity contribution in [2.45, 2.75) is 13.5 Å². The van der Waals surface area contributed by atoms with Crippen LogP contribution in [0.4, 0.5) is 11.6 Å². The van der Waals surface area contributed by atoms with Gasteiger partial charge in [-0.25, -0.2) is 15.0 Å². The Kier molecular flexibility index (Phi) is 3.76. The second-order valence-electron chi connectivity index (χ2n) is 4.25. The summed E-state index contributed by atoms with van der Waals surface area (Å²) in [5.74, 6) is 2.76. The lowest BCUT2D eigenvalue weighted by Gasteiger charge is -2.12. The molecule has 2 heterocycles. The maximum atomic E-state index is 4.19. The minimum atomic E-state index is 0.807. The average Bonchev–Trinajstić information content (AvgIpc) is 2.76. The van der Waals surface area contributed by atoms with Gasteiger partial charge in [-0.15, -0.1) is 0 Å². The maximum Gasteiger partial charge on any atom is 0.133 e. The Balaban J connectivity index is 1.90. The summed E-state index contributed by atoms with van der Waals surface area (Å²) < 4.78 is 2.10. The van der Waals surface area contributed by atoms with E-state index in [9.17, 15) is 0 Å². The van der Waals surface area contributed by atoms with Crippen LogP contribution in [0.15, 0.2) is 24.8 Å². The Morgan fingerprint density at radius 1 is 1.28 bits per heavy atom. The summed E-state index contributed by atoms with van der Waals surface area (Å²) in [5, 5.41) is 3.28. The predicted octanol–water partition coefficient (Wildman–Crippen LogP) is 1.16. The van der Waals surface area contributed by atoms with Gasteiger partial charge in [0.2, 0.25) is 0 Å². The number of nitrogens with one attached hydrogen (secondary N) is 1. The van der Waals surface area contributed by atoms with Gasteiger partial charge in [0.15, 0.2) is 0 Å². The molecule has 2 rings (SSSR count). The number of aromatic nitrogens is 4. The van der Waals surface area contributed by atoms with Crippen LogP contribution in [-0.4, -0.2) is 40.2 Å². The van der Waals surface area contributed by atoms with Crippen molar-refractivity contribution < 1.29 is 0 Å². The van der Waals surface area contributed by atoms with E-state index < -0.39 is 0 Å². The predicted molar refractivity (Wildman–Crippen MR) is 71.8 cm³/mol. The fourth-order valence-corrected chi connectivity index (χ4v) is 1.63. The molecule has 1 N–H and O–H groups in total. The molecule has 6 nitrogen and oxygen atoms in total. The van der Waals surface area contributed by atoms with Crippen LogP contribution in [0.2, 0.25) is 0 Å². The monoisotopic (exact) mass is 246 g/mol. The zero-order valence-corrected chi connectivity index (χ0v) is 11.0. The Bertz CT molecular complexity index is 505. The number of rotatable bonds is 5. The first-order valence-corrected chi connectivity index (χ1v) is 5.88. The number of imidazole rings is 1. The fraction of sp³-hybridized carbons (Fsp3) is 0.417. The highest BCUT2D eigenvalue weighted by molar-refractivity contribution is 5.47. The summed E-state index contributed by atoms with van der Waals surface area (Å²) in [4.78, 5) is 14.5. The van der Waals surface area contributed by atoms with Crippen LogP contribution in [0.3, 0.4) is 0 Å². The van der Waals surface area contributed by atoms with Crippen molar-refractivity contribution in [1.29, 1.82) is 0 Å². The van der Waals surface area contributed by atoms with E-state index in [1.807, 2.05) is 44.4 Å². The molecule has 0 aromatic carbocycles. The largest absolute Gasteiger partial charge is 0.368 e. The standard InChI is InChI=1S/C12H18N6/c1-10-13-4-6-18(10)7-5-14-11-8-12(17(2)3)16-9-15-11/h4,6,8-9H,5,7H2,1-3H3,(H,14,15,16). The van der Waals surface area contributed by atoms with E-state index in [0.29, 0.717) is 0 Å². The van der Waals surface area contributed by atoms with Crippen LogP contribution in [0.25, 0.3) is 0 Å². The molecule has 0 aliphatic heterocycles. The lowest BCUT2D eigenvalue weighted by molar-refractivity contribution is 0.699. The van der Waals surface area contributed by atoms with Crippen LogP contribution in [0.1, 0.15) is 5.82 Å². The molecule has 0 spiro atoms. The molecule has 96 valence electrons. The first-order chi connectivity index (χ1) is 8.66. The van der Waals surface area contributed by atoms with Crippen LogP contribution in [0.5, 0.6) is 0 Å². The number of anilines is 2. The van der Waals surface area contributed by atoms with Crippen molar-refractivity contribution in [3.63, 3.8) is 0 Å². The molecule has 0 unspecified atom stereocenters. The zero-order valence-electron chi connectivity index (χ0n) is 11.0. The van der Waals surface area contributed by atoms with Gasteiger partial charge in [-0.05, 0) is 6.92 Å². The van der Waals surface area contributed by atoms with Crippen molar-refractivity contribution in [2.75, 3.05) is 30.9 Å². The third-order valence-corrected chi connectivity index (χ3v) is 2.69. The molecular weight excluding hydrogens is 228 g/mol. The van der Waals surface area contributed by atoms with Crippen molar-refractivity contribution >= 4 is 11.6 Å². The van der Waals surface area contributed by atoms with Crippen LogP contribution >= 0.6 is 0 Å². The number of aryl methyl sites for hydroxylation is 1. The summed E-state index contributed by atoms with van der Waals surface area (Å²) in [5.41, 5.74) is 0. The van der Waals surface area contributed by atoms with E-state index in [4.69, 9.17) is 0 Å². The molecule has 0 bridgehead atoms. The zero-order chi connectivity index (χ0) is 13.0. The summed E-state index contributed by atoms with van der Waals surface area (Å²) in [6.07, 6.45) is 5.35. The second kappa shape index (κ2) is 5.48. The quantitative estimate of drug-likeness (QED) is 0.858. The molecule has 2 aromatic heterocycles. The van der Waals surface area contributed by atoms with Gasteiger partial charge in [0.25, 0.3) is 0 Å². The van der Waals surface area contributed by atoms with Crippen molar-refractivity contribution in [3.8, 4) is 0 Å². The summed E-state index contributed by atoms with van der Waals surface area (Å²) >= 11 is 0. The highest BCUT2D eigenvalue weighted by Gasteiger charge is 2.00. The van der Waals surface area contributed by atoms with Crippen LogP contribution in [0, 0.1) is 6.92 Å². The van der Waals surface area contributed by atoms with Gasteiger partial charge < -0.3 is 14.8 Å². The third kappa shape index (κ3) is 2.97. The molecule has 0 aliphatic carbocycles. The molecule has 18 heavy (non-hydrogen) atoms. The Morgan fingerprint density at radius 3 is 2.78 bits per heavy atom. The molecule has 0 fully saturated rings. The summed E-state index contributed by atoms with van der Waals surface area (Å²) in [6.45, 7) is 3.67. The van der Waals surface area contributed by atoms with Crippen molar-refractivity contribution in [2.24, 2.45) is 0 Å². The van der Waals surface area contributed by atoms with Crippen molar-refractivity contribution in [3.05, 3.63) is 30.6 Å². The highest BCUT2D eigenvalue weighted by atomic mass is 15.2. The third-order valence-electron chi connectivity index (χ3n) is 2.69. The first-order valence-electron chi connectivity index (χ1n) is 5.88. The molecule has 0 saturated heterocycles. The minimum Gasteiger partial charge on any atom is -0.368 e. The molecule has 0 amide bonds. The summed E-state index contributed by atoms with van der Waals surface area (Å²) in [7, 11) is 3.92.